The fraction of sp³-hybridized carbons (Fsp3) is 0.696. The fourth-order valence-electron chi connectivity index (χ4n) is 5.57. The Morgan fingerprint density at radius 2 is 1.02 bits per heavy atom. The molecule has 4 N–H and O–H groups in total. The average molecular weight is 822 g/mol. The summed E-state index contributed by atoms with van der Waals surface area (Å²) in [6, 6.07) is -1.48. The minimum Gasteiger partial charge on any atom is -0.480 e. The first-order valence-corrected chi connectivity index (χ1v) is 23.5. The van der Waals surface area contributed by atoms with Crippen LogP contribution in [0.4, 0.5) is 0 Å². The number of hydrogen-bond donors (Lipinski definition) is 3. The first-order chi connectivity index (χ1) is 27.7. The highest BCUT2D eigenvalue weighted by Crippen LogP contribution is 2.43. The third kappa shape index (κ3) is 41.4. The Hall–Kier alpha value is -2.59. The molecule has 0 bridgehead atoms. The molecule has 0 saturated carbocycles. The molecule has 0 rings (SSSR count). The molecule has 0 aromatic carbocycles. The van der Waals surface area contributed by atoms with Crippen LogP contribution in [0.3, 0.4) is 0 Å². The number of carbonyl (C=O) groups is 2. The molecule has 0 aromatic rings. The molecule has 0 amide bonds. The number of phosphoric ester groups is 1. The van der Waals surface area contributed by atoms with E-state index in [0.29, 0.717) is 13.0 Å². The molecule has 0 aromatic heterocycles. The highest BCUT2D eigenvalue weighted by molar-refractivity contribution is 7.47. The van der Waals surface area contributed by atoms with E-state index in [0.717, 1.165) is 89.9 Å². The summed E-state index contributed by atoms with van der Waals surface area (Å²) in [5.74, 6) is -1.80. The molecule has 0 radical (unpaired) electrons. The van der Waals surface area contributed by atoms with Crippen LogP contribution >= 0.6 is 7.82 Å². The number of carbonyl (C=O) groups excluding carboxylic acids is 1. The first kappa shape index (κ1) is 54.4. The van der Waals surface area contributed by atoms with Gasteiger partial charge in [0.1, 0.15) is 12.1 Å². The van der Waals surface area contributed by atoms with Gasteiger partial charge in [0.2, 0.25) is 0 Å². The van der Waals surface area contributed by atoms with Crippen LogP contribution in [0.25, 0.3) is 0 Å². The lowest BCUT2D eigenvalue weighted by molar-refractivity contribution is -0.154. The predicted molar refractivity (Wildman–Crippen MR) is 235 cm³/mol. The summed E-state index contributed by atoms with van der Waals surface area (Å²) in [6.07, 6.45) is 50.9. The molecular formula is C46H80NO9P. The molecule has 0 aliphatic heterocycles. The van der Waals surface area contributed by atoms with E-state index in [1.807, 2.05) is 0 Å². The van der Waals surface area contributed by atoms with Gasteiger partial charge in [0, 0.05) is 13.0 Å². The van der Waals surface area contributed by atoms with Crippen molar-refractivity contribution in [1.82, 2.24) is 0 Å². The van der Waals surface area contributed by atoms with Crippen molar-refractivity contribution in [2.24, 2.45) is 5.73 Å². The predicted octanol–water partition coefficient (Wildman–Crippen LogP) is 12.2. The molecule has 3 atom stereocenters. The summed E-state index contributed by atoms with van der Waals surface area (Å²) in [5.41, 5.74) is 5.35. The quantitative estimate of drug-likeness (QED) is 0.0235. The fourth-order valence-corrected chi connectivity index (χ4v) is 6.35. The monoisotopic (exact) mass is 822 g/mol. The van der Waals surface area contributed by atoms with Crippen molar-refractivity contribution in [1.29, 1.82) is 0 Å². The first-order valence-electron chi connectivity index (χ1n) is 22.0. The van der Waals surface area contributed by atoms with E-state index in [-0.39, 0.29) is 13.0 Å². The van der Waals surface area contributed by atoms with Gasteiger partial charge < -0.3 is 25.2 Å². The van der Waals surface area contributed by atoms with Crippen molar-refractivity contribution in [2.75, 3.05) is 26.4 Å². The van der Waals surface area contributed by atoms with E-state index >= 15 is 0 Å². The number of carboxylic acid groups (broad SMARTS) is 1. The third-order valence-electron chi connectivity index (χ3n) is 8.95. The van der Waals surface area contributed by atoms with Gasteiger partial charge in [0.05, 0.1) is 19.8 Å². The van der Waals surface area contributed by atoms with Crippen molar-refractivity contribution in [3.8, 4) is 0 Å². The minimum absolute atomic E-state index is 0.00261. The summed E-state index contributed by atoms with van der Waals surface area (Å²) in [5, 5.41) is 8.90. The molecule has 0 saturated heterocycles. The zero-order valence-corrected chi connectivity index (χ0v) is 36.6. The van der Waals surface area contributed by atoms with E-state index in [4.69, 9.17) is 29.4 Å². The molecule has 0 spiro atoms. The van der Waals surface area contributed by atoms with Crippen LogP contribution in [0.5, 0.6) is 0 Å². The van der Waals surface area contributed by atoms with Crippen LogP contribution in [0, 0.1) is 0 Å². The Balaban J connectivity index is 4.25. The lowest BCUT2D eigenvalue weighted by Gasteiger charge is -2.20. The second-order valence-corrected chi connectivity index (χ2v) is 15.9. The molecule has 0 fully saturated rings. The maximum atomic E-state index is 12.6. The smallest absolute Gasteiger partial charge is 0.472 e. The highest BCUT2D eigenvalue weighted by Gasteiger charge is 2.27. The van der Waals surface area contributed by atoms with Crippen LogP contribution in [0.1, 0.15) is 168 Å². The Morgan fingerprint density at radius 3 is 1.53 bits per heavy atom. The summed E-state index contributed by atoms with van der Waals surface area (Å²) in [6.45, 7) is 3.66. The number of allylic oxidation sites excluding steroid dienone is 12. The molecule has 10 nitrogen and oxygen atoms in total. The van der Waals surface area contributed by atoms with Gasteiger partial charge >= 0.3 is 19.8 Å². The van der Waals surface area contributed by atoms with E-state index in [9.17, 15) is 19.0 Å². The van der Waals surface area contributed by atoms with Crippen LogP contribution in [0.2, 0.25) is 0 Å². The third-order valence-corrected chi connectivity index (χ3v) is 9.90. The zero-order chi connectivity index (χ0) is 41.9. The van der Waals surface area contributed by atoms with Crippen LogP contribution in [-0.4, -0.2) is 60.5 Å². The summed E-state index contributed by atoms with van der Waals surface area (Å²) >= 11 is 0. The molecule has 11 heteroatoms. The normalized spacial score (nSPS) is 14.6. The molecule has 57 heavy (non-hydrogen) atoms. The van der Waals surface area contributed by atoms with Crippen molar-refractivity contribution in [3.63, 3.8) is 0 Å². The number of ether oxygens (including phenoxy) is 2. The molecule has 0 heterocycles. The number of phosphoric acid groups is 1. The molecule has 0 aliphatic carbocycles. The molecule has 0 aliphatic rings. The van der Waals surface area contributed by atoms with E-state index in [2.05, 4.69) is 86.8 Å². The van der Waals surface area contributed by atoms with Gasteiger partial charge in [-0.2, -0.15) is 0 Å². The SMILES string of the molecule is CC/C=C\C/C=C\C/C=C\C/C=C\CCCCCCCCCCC(=O)OC(COCCCCCCCC/C=C\C/C=C\CCC)COP(=O)(O)OCC(N)C(=O)O. The second-order valence-electron chi connectivity index (χ2n) is 14.4. The van der Waals surface area contributed by atoms with Crippen LogP contribution < -0.4 is 5.73 Å². The maximum absolute atomic E-state index is 12.6. The van der Waals surface area contributed by atoms with Gasteiger partial charge in [-0.3, -0.25) is 18.6 Å². The Morgan fingerprint density at radius 1 is 0.579 bits per heavy atom. The Bertz CT molecular complexity index is 1180. The lowest BCUT2D eigenvalue weighted by Crippen LogP contribution is -2.34. The number of nitrogens with two attached hydrogens (primary N) is 1. The Kier molecular flexibility index (Phi) is 39.7. The molecular weight excluding hydrogens is 741 g/mol. The summed E-state index contributed by atoms with van der Waals surface area (Å²) in [7, 11) is -4.62. The number of unbranched alkanes of at least 4 members (excludes halogenated alkanes) is 15. The van der Waals surface area contributed by atoms with Gasteiger partial charge in [-0.1, -0.05) is 157 Å². The standard InChI is InChI=1S/C46H80NO9P/c1-3-5-7-9-11-13-15-17-19-20-21-22-23-24-25-26-28-30-32-34-36-38-45(48)56-43(41-54-57(51,52)55-42-44(47)46(49)50)40-53-39-37-35-33-31-29-27-18-16-14-12-10-8-6-4-2/h5,7-8,10-11,13-14,16-17,19,21-22,43-44H,3-4,6,9,12,15,18,20,23-42,47H2,1-2H3,(H,49,50)(H,51,52)/b7-5-,10-8-,13-11-,16-14-,19-17-,22-21-. The maximum Gasteiger partial charge on any atom is 0.472 e. The molecule has 3 unspecified atom stereocenters. The summed E-state index contributed by atoms with van der Waals surface area (Å²) in [4.78, 5) is 33.6. The van der Waals surface area contributed by atoms with Crippen LogP contribution in [0.15, 0.2) is 72.9 Å². The van der Waals surface area contributed by atoms with E-state index in [1.165, 1.54) is 51.4 Å². The minimum atomic E-state index is -4.62. The van der Waals surface area contributed by atoms with Gasteiger partial charge in [-0.25, -0.2) is 4.57 Å². The van der Waals surface area contributed by atoms with E-state index < -0.39 is 45.1 Å². The molecule has 328 valence electrons. The highest BCUT2D eigenvalue weighted by atomic mass is 31.2. The van der Waals surface area contributed by atoms with Gasteiger partial charge in [-0.05, 0) is 77.0 Å². The number of aliphatic carboxylic acids is 1. The van der Waals surface area contributed by atoms with Crippen molar-refractivity contribution >= 4 is 19.8 Å². The van der Waals surface area contributed by atoms with Crippen molar-refractivity contribution in [3.05, 3.63) is 72.9 Å². The lowest BCUT2D eigenvalue weighted by atomic mass is 10.1. The van der Waals surface area contributed by atoms with Gasteiger partial charge in [0.15, 0.2) is 0 Å². The topological polar surface area (TPSA) is 155 Å². The number of carboxylic acids is 1. The van der Waals surface area contributed by atoms with Gasteiger partial charge in [-0.15, -0.1) is 0 Å². The largest absolute Gasteiger partial charge is 0.480 e. The average Bonchev–Trinajstić information content (AvgIpc) is 3.19. The second kappa shape index (κ2) is 41.6. The number of hydrogen-bond acceptors (Lipinski definition) is 8. The Labute approximate surface area is 346 Å². The number of esters is 1. The summed E-state index contributed by atoms with van der Waals surface area (Å²) < 4.78 is 33.3. The van der Waals surface area contributed by atoms with Crippen LogP contribution in [-0.2, 0) is 32.7 Å². The van der Waals surface area contributed by atoms with E-state index in [1.54, 1.807) is 0 Å². The number of rotatable bonds is 41. The zero-order valence-electron chi connectivity index (χ0n) is 35.7. The van der Waals surface area contributed by atoms with Crippen molar-refractivity contribution in [2.45, 2.75) is 180 Å². The van der Waals surface area contributed by atoms with Gasteiger partial charge in [0.25, 0.3) is 0 Å². The van der Waals surface area contributed by atoms with Crippen molar-refractivity contribution < 1.29 is 42.7 Å².